The van der Waals surface area contributed by atoms with Gasteiger partial charge in [-0.15, -0.1) is 0 Å². The highest BCUT2D eigenvalue weighted by molar-refractivity contribution is 5.96. The van der Waals surface area contributed by atoms with Crippen LogP contribution in [0.2, 0.25) is 0 Å². The summed E-state index contributed by atoms with van der Waals surface area (Å²) < 4.78 is 0. The maximum absolute atomic E-state index is 13.9. The first-order valence-electron chi connectivity index (χ1n) is 15.8. The molecule has 0 unspecified atom stereocenters. The summed E-state index contributed by atoms with van der Waals surface area (Å²) >= 11 is 0. The van der Waals surface area contributed by atoms with E-state index in [0.717, 1.165) is 10.9 Å². The van der Waals surface area contributed by atoms with E-state index in [9.17, 15) is 43.8 Å². The quantitative estimate of drug-likeness (QED) is 0.0709. The van der Waals surface area contributed by atoms with E-state index in [2.05, 4.69) is 36.2 Å². The number of carboxylic acids is 3. The third-order valence-corrected chi connectivity index (χ3v) is 7.84. The van der Waals surface area contributed by atoms with Crippen LogP contribution in [0.3, 0.4) is 0 Å². The number of aromatic nitrogens is 3. The molecule has 3 rings (SSSR count). The number of rotatable bonds is 20. The number of nitrogens with two attached hydrogens (primary N) is 1. The maximum Gasteiger partial charge on any atom is 0.326 e. The van der Waals surface area contributed by atoms with Gasteiger partial charge in [-0.05, 0) is 30.4 Å². The van der Waals surface area contributed by atoms with E-state index in [1.54, 1.807) is 50.5 Å². The minimum absolute atomic E-state index is 0.0895. The zero-order chi connectivity index (χ0) is 37.0. The first-order valence-corrected chi connectivity index (χ1v) is 15.8. The van der Waals surface area contributed by atoms with E-state index in [-0.39, 0.29) is 12.8 Å². The number of para-hydroxylation sites is 1. The van der Waals surface area contributed by atoms with Crippen molar-refractivity contribution in [1.29, 1.82) is 0 Å². The number of amides is 4. The van der Waals surface area contributed by atoms with Gasteiger partial charge in [0.2, 0.25) is 23.6 Å². The molecule has 2 aromatic heterocycles. The largest absolute Gasteiger partial charge is 0.481 e. The molecule has 0 saturated carbocycles. The molecule has 0 spiro atoms. The Kier molecular flexibility index (Phi) is 14.0. The molecule has 0 aliphatic heterocycles. The number of hydrogen-bond donors (Lipinski definition) is 10. The van der Waals surface area contributed by atoms with Gasteiger partial charge in [-0.1, -0.05) is 32.0 Å². The van der Waals surface area contributed by atoms with Crippen LogP contribution in [0.4, 0.5) is 0 Å². The number of carbonyl (C=O) groups is 7. The van der Waals surface area contributed by atoms with Gasteiger partial charge in [0.15, 0.2) is 0 Å². The zero-order valence-corrected chi connectivity index (χ0v) is 27.5. The summed E-state index contributed by atoms with van der Waals surface area (Å²) in [6, 6.07) is 0.389. The van der Waals surface area contributed by atoms with Crippen molar-refractivity contribution < 1.29 is 48.9 Å². The van der Waals surface area contributed by atoms with Crippen LogP contribution in [0.15, 0.2) is 43.0 Å². The van der Waals surface area contributed by atoms with E-state index in [0.29, 0.717) is 11.3 Å². The number of fused-ring (bicyclic) bond motifs is 1. The predicted molar refractivity (Wildman–Crippen MR) is 176 cm³/mol. The molecule has 0 radical (unpaired) electrons. The highest BCUT2D eigenvalue weighted by Crippen LogP contribution is 2.20. The molecule has 2 heterocycles. The van der Waals surface area contributed by atoms with Crippen molar-refractivity contribution in [2.45, 2.75) is 82.6 Å². The van der Waals surface area contributed by atoms with E-state index >= 15 is 0 Å². The Bertz CT molecular complexity index is 1670. The van der Waals surface area contributed by atoms with Gasteiger partial charge in [0.25, 0.3) is 0 Å². The number of hydrogen-bond acceptors (Lipinski definition) is 9. The summed E-state index contributed by atoms with van der Waals surface area (Å²) in [5, 5.41) is 38.4. The molecule has 50 heavy (non-hydrogen) atoms. The molecule has 0 aliphatic carbocycles. The molecule has 0 bridgehead atoms. The average molecular weight is 699 g/mol. The molecule has 0 aliphatic rings. The Morgan fingerprint density at radius 2 is 1.36 bits per heavy atom. The molecule has 4 amide bonds. The van der Waals surface area contributed by atoms with Gasteiger partial charge in [-0.2, -0.15) is 0 Å². The van der Waals surface area contributed by atoms with E-state index in [4.69, 9.17) is 10.8 Å². The Hall–Kier alpha value is -5.78. The predicted octanol–water partition coefficient (Wildman–Crippen LogP) is -0.587. The fourth-order valence-corrected chi connectivity index (χ4v) is 5.11. The maximum atomic E-state index is 13.9. The Labute approximate surface area is 286 Å². The lowest BCUT2D eigenvalue weighted by Crippen LogP contribution is -2.60. The molecule has 18 nitrogen and oxygen atoms in total. The number of aliphatic carboxylic acids is 3. The van der Waals surface area contributed by atoms with Gasteiger partial charge < -0.3 is 52.3 Å². The summed E-state index contributed by atoms with van der Waals surface area (Å²) in [5.41, 5.74) is 7.94. The molecule has 18 heteroatoms. The second-order valence-corrected chi connectivity index (χ2v) is 12.1. The van der Waals surface area contributed by atoms with Crippen LogP contribution < -0.4 is 27.0 Å². The number of H-pyrrole nitrogens is 2. The van der Waals surface area contributed by atoms with E-state index < -0.39 is 103 Å². The number of imidazole rings is 1. The SMILES string of the molecule is CC(C)[C@H](NC(=O)[C@@H](N)Cc1c[nH]cn1)C(=O)N[C@@H](Cc1c[nH]c2ccccc12)C(=O)N[C@@H](CCC(=O)O)C(=O)N[C@@H](CCC(=O)O)C(=O)O. The number of nitrogens with one attached hydrogen (secondary N) is 6. The van der Waals surface area contributed by atoms with Crippen LogP contribution in [0.5, 0.6) is 0 Å². The van der Waals surface area contributed by atoms with Crippen LogP contribution in [0, 0.1) is 5.92 Å². The van der Waals surface area contributed by atoms with Crippen LogP contribution in [-0.2, 0) is 46.4 Å². The van der Waals surface area contributed by atoms with Gasteiger partial charge in [-0.25, -0.2) is 9.78 Å². The van der Waals surface area contributed by atoms with Crippen molar-refractivity contribution in [2.24, 2.45) is 11.7 Å². The number of carboxylic acid groups (broad SMARTS) is 3. The number of benzene rings is 1. The van der Waals surface area contributed by atoms with Crippen LogP contribution in [0.1, 0.15) is 50.8 Å². The summed E-state index contributed by atoms with van der Waals surface area (Å²) in [5.74, 6) is -7.95. The normalized spacial score (nSPS) is 14.2. The molecular weight excluding hydrogens is 656 g/mol. The van der Waals surface area contributed by atoms with E-state index in [1.165, 1.54) is 6.33 Å². The molecule has 5 atom stereocenters. The summed E-state index contributed by atoms with van der Waals surface area (Å²) in [6.45, 7) is 3.35. The Morgan fingerprint density at radius 3 is 1.96 bits per heavy atom. The van der Waals surface area contributed by atoms with Gasteiger partial charge in [0.05, 0.1) is 18.1 Å². The topological polar surface area (TPSA) is 299 Å². The van der Waals surface area contributed by atoms with Gasteiger partial charge >= 0.3 is 17.9 Å². The van der Waals surface area contributed by atoms with Crippen molar-refractivity contribution >= 4 is 52.4 Å². The first-order chi connectivity index (χ1) is 23.7. The lowest BCUT2D eigenvalue weighted by Gasteiger charge is -2.27. The molecule has 1 aromatic carbocycles. The number of nitrogens with zero attached hydrogens (tertiary/aromatic N) is 1. The number of aromatic amines is 2. The highest BCUT2D eigenvalue weighted by Gasteiger charge is 2.33. The van der Waals surface area contributed by atoms with Crippen molar-refractivity contribution in [3.05, 3.63) is 54.2 Å². The van der Waals surface area contributed by atoms with E-state index in [1.807, 2.05) is 0 Å². The first kappa shape index (κ1) is 38.7. The fourth-order valence-electron chi connectivity index (χ4n) is 5.11. The van der Waals surface area contributed by atoms with Gasteiger partial charge in [-0.3, -0.25) is 28.8 Å². The molecule has 270 valence electrons. The smallest absolute Gasteiger partial charge is 0.326 e. The Morgan fingerprint density at radius 1 is 0.760 bits per heavy atom. The third kappa shape index (κ3) is 11.4. The minimum Gasteiger partial charge on any atom is -0.481 e. The van der Waals surface area contributed by atoms with Crippen LogP contribution >= 0.6 is 0 Å². The minimum atomic E-state index is -1.64. The lowest BCUT2D eigenvalue weighted by molar-refractivity contribution is -0.144. The Balaban J connectivity index is 1.87. The third-order valence-electron chi connectivity index (χ3n) is 7.84. The molecular formula is C32H42N8O10. The average Bonchev–Trinajstić information content (AvgIpc) is 3.72. The summed E-state index contributed by atoms with van der Waals surface area (Å²) in [4.78, 5) is 97.7. The van der Waals surface area contributed by atoms with Crippen molar-refractivity contribution in [3.63, 3.8) is 0 Å². The second kappa shape index (κ2) is 18.1. The summed E-state index contributed by atoms with van der Waals surface area (Å²) in [6.07, 6.45) is 2.54. The molecule has 0 saturated heterocycles. The van der Waals surface area contributed by atoms with Crippen LogP contribution in [0.25, 0.3) is 10.9 Å². The number of carbonyl (C=O) groups excluding carboxylic acids is 4. The monoisotopic (exact) mass is 698 g/mol. The fraction of sp³-hybridized carbons (Fsp3) is 0.438. The van der Waals surface area contributed by atoms with Crippen molar-refractivity contribution in [3.8, 4) is 0 Å². The van der Waals surface area contributed by atoms with Gasteiger partial charge in [0, 0.05) is 49.0 Å². The summed E-state index contributed by atoms with van der Waals surface area (Å²) in [7, 11) is 0. The zero-order valence-electron chi connectivity index (χ0n) is 27.5. The van der Waals surface area contributed by atoms with Crippen molar-refractivity contribution in [2.75, 3.05) is 0 Å². The van der Waals surface area contributed by atoms with Crippen LogP contribution in [-0.4, -0.2) is 102 Å². The highest BCUT2D eigenvalue weighted by atomic mass is 16.4. The standard InChI is InChI=1S/C32H42N8O10/c1-16(2)27(40-28(45)20(33)12-18-14-34-15-36-18)31(48)39-24(11-17-13-35-21-6-4-3-5-19(17)21)30(47)37-22(7-9-25(41)42)29(46)38-23(32(49)50)8-10-26(43)44/h3-6,13-16,20,22-24,27,35H,7-12,33H2,1-2H3,(H,34,36)(H,37,47)(H,38,46)(H,39,48)(H,40,45)(H,41,42)(H,43,44)(H,49,50)/t20-,22-,23-,24-,27-/m0/s1. The van der Waals surface area contributed by atoms with Crippen molar-refractivity contribution in [1.82, 2.24) is 36.2 Å². The molecule has 3 aromatic rings. The van der Waals surface area contributed by atoms with Gasteiger partial charge in [0.1, 0.15) is 24.2 Å². The molecule has 0 fully saturated rings. The second-order valence-electron chi connectivity index (χ2n) is 12.1. The lowest BCUT2D eigenvalue weighted by atomic mass is 9.99. The molecule has 11 N–H and O–H groups in total.